The van der Waals surface area contributed by atoms with Crippen LogP contribution in [0, 0.1) is 6.92 Å². The van der Waals surface area contributed by atoms with Crippen molar-refractivity contribution in [3.63, 3.8) is 0 Å². The molecule has 2 aromatic rings. The van der Waals surface area contributed by atoms with Crippen LogP contribution in [0.5, 0.6) is 0 Å². The fraction of sp³-hybridized carbons (Fsp3) is 0.500. The lowest BCUT2D eigenvalue weighted by Crippen LogP contribution is -2.33. The van der Waals surface area contributed by atoms with E-state index in [0.29, 0.717) is 18.4 Å². The number of pyridine rings is 1. The Balaban J connectivity index is 1.52. The van der Waals surface area contributed by atoms with Gasteiger partial charge in [-0.3, -0.25) is 24.1 Å². The molecule has 0 aromatic carbocycles. The quantitative estimate of drug-likeness (QED) is 0.301. The van der Waals surface area contributed by atoms with Gasteiger partial charge < -0.3 is 23.4 Å². The topological polar surface area (TPSA) is 142 Å². The summed E-state index contributed by atoms with van der Waals surface area (Å²) in [5.41, 5.74) is 0.165. The van der Waals surface area contributed by atoms with E-state index in [4.69, 9.17) is 18.5 Å². The Morgan fingerprint density at radius 3 is 2.91 bits per heavy atom. The van der Waals surface area contributed by atoms with Gasteiger partial charge in [-0.15, -0.1) is 0 Å². The molecule has 0 radical (unpaired) electrons. The molecule has 3 heterocycles. The van der Waals surface area contributed by atoms with E-state index in [9.17, 15) is 19.3 Å². The lowest BCUT2D eigenvalue weighted by molar-refractivity contribution is -0.150. The molecule has 1 fully saturated rings. The highest BCUT2D eigenvalue weighted by Gasteiger charge is 2.39. The Morgan fingerprint density at radius 1 is 1.38 bits per heavy atom. The van der Waals surface area contributed by atoms with Crippen LogP contribution in [-0.4, -0.2) is 50.8 Å². The summed E-state index contributed by atoms with van der Waals surface area (Å²) in [6.45, 7) is 3.02. The van der Waals surface area contributed by atoms with Crippen LogP contribution in [0.25, 0.3) is 0 Å². The second-order valence-corrected chi connectivity index (χ2v) is 8.27. The Hall–Kier alpha value is -2.43. The van der Waals surface area contributed by atoms with Crippen LogP contribution in [0.1, 0.15) is 37.3 Å². The summed E-state index contributed by atoms with van der Waals surface area (Å²) >= 11 is 0. The highest BCUT2D eigenvalue weighted by molar-refractivity contribution is 7.40. The summed E-state index contributed by atoms with van der Waals surface area (Å²) in [6, 6.07) is 5.66. The number of aromatic amines is 1. The molecule has 1 unspecified atom stereocenters. The maximum absolute atomic E-state index is 12.2. The smallest absolute Gasteiger partial charge is 0.330 e. The van der Waals surface area contributed by atoms with Crippen molar-refractivity contribution in [1.82, 2.24) is 14.5 Å². The summed E-state index contributed by atoms with van der Waals surface area (Å²) in [5, 5.41) is 0. The summed E-state index contributed by atoms with van der Waals surface area (Å²) in [7, 11) is -2.16. The Bertz CT molecular complexity index is 1010. The number of hydrogen-bond acceptors (Lipinski definition) is 9. The number of carbonyl (C=O) groups is 1. The average Bonchev–Trinajstić information content (AvgIpc) is 3.14. The minimum Gasteiger partial charge on any atom is -0.460 e. The zero-order chi connectivity index (χ0) is 23.1. The molecule has 12 heteroatoms. The van der Waals surface area contributed by atoms with Crippen LogP contribution in [0.4, 0.5) is 0 Å². The van der Waals surface area contributed by atoms with Crippen molar-refractivity contribution in [3.05, 3.63) is 62.7 Å². The third-order valence-corrected chi connectivity index (χ3v) is 5.58. The van der Waals surface area contributed by atoms with E-state index < -0.39 is 44.3 Å². The zero-order valence-electron chi connectivity index (χ0n) is 17.8. The number of aromatic nitrogens is 3. The molecule has 4 atom stereocenters. The minimum absolute atomic E-state index is 0.103. The molecule has 0 bridgehead atoms. The lowest BCUT2D eigenvalue weighted by Gasteiger charge is -2.19. The molecule has 2 aromatic heterocycles. The van der Waals surface area contributed by atoms with E-state index in [0.717, 1.165) is 5.69 Å². The molecular formula is C20H26N3O8P. The molecule has 0 amide bonds. The molecule has 1 aliphatic rings. The highest BCUT2D eigenvalue weighted by atomic mass is 31.2. The predicted octanol–water partition coefficient (Wildman–Crippen LogP) is 1.34. The molecule has 1 saturated heterocycles. The van der Waals surface area contributed by atoms with Gasteiger partial charge in [0.1, 0.15) is 18.4 Å². The maximum Gasteiger partial charge on any atom is 0.330 e. The third kappa shape index (κ3) is 6.78. The van der Waals surface area contributed by atoms with Crippen molar-refractivity contribution in [2.24, 2.45) is 0 Å². The van der Waals surface area contributed by atoms with Crippen LogP contribution >= 0.6 is 8.60 Å². The highest BCUT2D eigenvalue weighted by Crippen LogP contribution is 2.36. The van der Waals surface area contributed by atoms with Crippen LogP contribution in [-0.2, 0) is 29.7 Å². The van der Waals surface area contributed by atoms with Crippen molar-refractivity contribution in [2.75, 3.05) is 13.2 Å². The first-order valence-electron chi connectivity index (χ1n) is 10.1. The number of esters is 1. The normalized spacial score (nSPS) is 21.4. The predicted molar refractivity (Wildman–Crippen MR) is 114 cm³/mol. The molecule has 0 saturated carbocycles. The summed E-state index contributed by atoms with van der Waals surface area (Å²) < 4.78 is 23.1. The number of H-pyrrole nitrogens is 1. The van der Waals surface area contributed by atoms with Crippen molar-refractivity contribution in [1.29, 1.82) is 0 Å². The molecular weight excluding hydrogens is 441 g/mol. The van der Waals surface area contributed by atoms with E-state index >= 15 is 0 Å². The molecule has 3 rings (SSSR count). The van der Waals surface area contributed by atoms with Crippen LogP contribution in [0.3, 0.4) is 0 Å². The van der Waals surface area contributed by atoms with Gasteiger partial charge in [0.25, 0.3) is 5.56 Å². The van der Waals surface area contributed by atoms with Crippen LogP contribution in [0.15, 0.2) is 40.2 Å². The van der Waals surface area contributed by atoms with Gasteiger partial charge in [-0.05, 0) is 31.9 Å². The van der Waals surface area contributed by atoms with Gasteiger partial charge in [0.05, 0.1) is 13.2 Å². The Kier molecular flexibility index (Phi) is 8.66. The Morgan fingerprint density at radius 2 is 2.19 bits per heavy atom. The fourth-order valence-electron chi connectivity index (χ4n) is 3.27. The standard InChI is InChI=1S/C20H26N3O8P/c1-13-11-23(20(26)22-19(13)25)18-10-16(30-14(2)24)17(31-18)12-29-32(27)28-9-5-7-15-6-3-4-8-21-15/h3-4,6,8,11,16-18,27H,5,7,9-10,12H2,1-2H3,(H,22,25,26)/t16-,17+,18+,32?/m0/s1. The van der Waals surface area contributed by atoms with E-state index in [1.807, 2.05) is 18.2 Å². The van der Waals surface area contributed by atoms with E-state index in [1.54, 1.807) is 13.1 Å². The van der Waals surface area contributed by atoms with Gasteiger partial charge in [0, 0.05) is 37.0 Å². The number of hydrogen-bond donors (Lipinski definition) is 2. The average molecular weight is 467 g/mol. The van der Waals surface area contributed by atoms with Gasteiger partial charge in [-0.1, -0.05) is 6.07 Å². The van der Waals surface area contributed by atoms with Crippen molar-refractivity contribution in [3.8, 4) is 0 Å². The second-order valence-electron chi connectivity index (χ2n) is 7.28. The van der Waals surface area contributed by atoms with Gasteiger partial charge in [-0.25, -0.2) is 4.79 Å². The van der Waals surface area contributed by atoms with Gasteiger partial charge in [0.2, 0.25) is 0 Å². The maximum atomic E-state index is 12.2. The van der Waals surface area contributed by atoms with Gasteiger partial charge >= 0.3 is 20.3 Å². The number of ether oxygens (including phenoxy) is 2. The third-order valence-electron chi connectivity index (χ3n) is 4.81. The largest absolute Gasteiger partial charge is 0.460 e. The number of nitrogens with one attached hydrogen (secondary N) is 1. The summed E-state index contributed by atoms with van der Waals surface area (Å²) in [6.07, 6.45) is 2.49. The molecule has 174 valence electrons. The van der Waals surface area contributed by atoms with E-state index in [-0.39, 0.29) is 19.6 Å². The SMILES string of the molecule is CC(=O)O[C@H]1C[C@H](n2cc(C)c(=O)[nH]c2=O)O[C@@H]1COP(O)OCCCc1ccccn1. The van der Waals surface area contributed by atoms with Crippen LogP contribution in [0.2, 0.25) is 0 Å². The second kappa shape index (κ2) is 11.4. The molecule has 32 heavy (non-hydrogen) atoms. The molecule has 0 spiro atoms. The Labute approximate surface area is 185 Å². The number of rotatable bonds is 10. The monoisotopic (exact) mass is 467 g/mol. The number of nitrogens with zero attached hydrogens (tertiary/aromatic N) is 2. The number of aryl methyl sites for hydroxylation is 2. The zero-order valence-corrected chi connectivity index (χ0v) is 18.7. The minimum atomic E-state index is -2.16. The lowest BCUT2D eigenvalue weighted by atomic mass is 10.2. The van der Waals surface area contributed by atoms with Crippen molar-refractivity contribution >= 4 is 14.6 Å². The first-order valence-corrected chi connectivity index (χ1v) is 11.3. The molecule has 0 aliphatic carbocycles. The van der Waals surface area contributed by atoms with E-state index in [1.165, 1.54) is 17.7 Å². The van der Waals surface area contributed by atoms with E-state index in [2.05, 4.69) is 9.97 Å². The van der Waals surface area contributed by atoms with Gasteiger partial charge in [0.15, 0.2) is 0 Å². The summed E-state index contributed by atoms with van der Waals surface area (Å²) in [4.78, 5) is 51.7. The van der Waals surface area contributed by atoms with Crippen molar-refractivity contribution < 1.29 is 28.2 Å². The van der Waals surface area contributed by atoms with Crippen molar-refractivity contribution in [2.45, 2.75) is 51.5 Å². The number of carbonyl (C=O) groups excluding carboxylic acids is 1. The summed E-state index contributed by atoms with van der Waals surface area (Å²) in [5.74, 6) is -0.508. The molecule has 11 nitrogen and oxygen atoms in total. The van der Waals surface area contributed by atoms with Gasteiger partial charge in [-0.2, -0.15) is 0 Å². The first-order chi connectivity index (χ1) is 15.3. The molecule has 1 aliphatic heterocycles. The van der Waals surface area contributed by atoms with Crippen LogP contribution < -0.4 is 11.2 Å². The molecule has 2 N–H and O–H groups in total. The first kappa shape index (κ1) is 24.2. The fourth-order valence-corrected chi connectivity index (χ4v) is 3.91.